The molecule has 1 aliphatic heterocycles. The van der Waals surface area contributed by atoms with Gasteiger partial charge in [-0.2, -0.15) is 0 Å². The van der Waals surface area contributed by atoms with E-state index in [9.17, 15) is 14.5 Å². The SMILES string of the molecule is CCCCOCCOc1ccc(-c2cnc(N3CCC(CO)C3)c(/C=C(\C)C(=O)Nc3ccc([S+]([O-])Cc4nncn4CCC)cc3)c2)cc1. The number of rotatable bonds is 18. The van der Waals surface area contributed by atoms with E-state index in [4.69, 9.17) is 14.5 Å². The number of aromatic nitrogens is 4. The Bertz CT molecular complexity index is 1690. The fourth-order valence-electron chi connectivity index (χ4n) is 5.72. The van der Waals surface area contributed by atoms with Gasteiger partial charge in [0.15, 0.2) is 16.5 Å². The Balaban J connectivity index is 1.27. The van der Waals surface area contributed by atoms with Crippen LogP contribution in [0.2, 0.25) is 0 Å². The van der Waals surface area contributed by atoms with Crippen LogP contribution in [0.1, 0.15) is 57.8 Å². The van der Waals surface area contributed by atoms with Crippen LogP contribution >= 0.6 is 0 Å². The molecule has 0 aliphatic carbocycles. The molecule has 4 aromatic rings. The number of aryl methyl sites for hydroxylation is 1. The van der Waals surface area contributed by atoms with Gasteiger partial charge >= 0.3 is 0 Å². The van der Waals surface area contributed by atoms with Gasteiger partial charge in [0.2, 0.25) is 0 Å². The monoisotopic (exact) mass is 700 g/mol. The summed E-state index contributed by atoms with van der Waals surface area (Å²) < 4.78 is 26.4. The van der Waals surface area contributed by atoms with Crippen LogP contribution in [0.15, 0.2) is 77.6 Å². The fourth-order valence-corrected chi connectivity index (χ4v) is 6.79. The quantitative estimate of drug-likeness (QED) is 0.0715. The number of ether oxygens (including phenoxy) is 2. The van der Waals surface area contributed by atoms with E-state index in [-0.39, 0.29) is 24.2 Å². The number of hydrogen-bond donors (Lipinski definition) is 2. The predicted molar refractivity (Wildman–Crippen MR) is 197 cm³/mol. The molecule has 1 saturated heterocycles. The van der Waals surface area contributed by atoms with Gasteiger partial charge < -0.3 is 33.9 Å². The van der Waals surface area contributed by atoms with E-state index < -0.39 is 11.2 Å². The first-order chi connectivity index (χ1) is 24.4. The highest BCUT2D eigenvalue weighted by atomic mass is 32.2. The van der Waals surface area contributed by atoms with Crippen molar-refractivity contribution >= 4 is 34.7 Å². The molecule has 2 atom stereocenters. The highest BCUT2D eigenvalue weighted by Gasteiger charge is 2.25. The Morgan fingerprint density at radius 2 is 1.88 bits per heavy atom. The maximum absolute atomic E-state index is 13.4. The lowest BCUT2D eigenvalue weighted by Gasteiger charge is -2.21. The van der Waals surface area contributed by atoms with Crippen molar-refractivity contribution in [2.75, 3.05) is 49.7 Å². The van der Waals surface area contributed by atoms with Crippen molar-refractivity contribution in [1.29, 1.82) is 0 Å². The molecule has 50 heavy (non-hydrogen) atoms. The highest BCUT2D eigenvalue weighted by Crippen LogP contribution is 2.31. The van der Waals surface area contributed by atoms with E-state index in [1.165, 1.54) is 0 Å². The minimum absolute atomic E-state index is 0.132. The van der Waals surface area contributed by atoms with E-state index >= 15 is 0 Å². The summed E-state index contributed by atoms with van der Waals surface area (Å²) in [6.45, 7) is 10.2. The fraction of sp³-hybridized carbons (Fsp3) is 0.421. The number of nitrogens with zero attached hydrogens (tertiary/aromatic N) is 5. The predicted octanol–water partition coefficient (Wildman–Crippen LogP) is 6.11. The molecule has 12 heteroatoms. The molecule has 0 spiro atoms. The van der Waals surface area contributed by atoms with Crippen LogP contribution in [0.25, 0.3) is 17.2 Å². The second-order valence-electron chi connectivity index (χ2n) is 12.5. The topological polar surface area (TPSA) is 138 Å². The van der Waals surface area contributed by atoms with Crippen LogP contribution in [0.3, 0.4) is 0 Å². The minimum Gasteiger partial charge on any atom is -0.611 e. The normalized spacial score (nSPS) is 15.3. The molecule has 2 N–H and O–H groups in total. The number of carbonyl (C=O) groups is 1. The first kappa shape index (κ1) is 37.0. The second kappa shape index (κ2) is 18.7. The average molecular weight is 701 g/mol. The molecule has 1 amide bonds. The molecule has 11 nitrogen and oxygen atoms in total. The third-order valence-corrected chi connectivity index (χ3v) is 9.91. The van der Waals surface area contributed by atoms with Gasteiger partial charge in [-0.25, -0.2) is 4.98 Å². The lowest BCUT2D eigenvalue weighted by molar-refractivity contribution is -0.112. The molecule has 2 unspecified atom stereocenters. The largest absolute Gasteiger partial charge is 0.611 e. The molecular weight excluding hydrogens is 653 g/mol. The zero-order valence-corrected chi connectivity index (χ0v) is 30.0. The van der Waals surface area contributed by atoms with Crippen molar-refractivity contribution in [3.8, 4) is 16.9 Å². The number of pyridine rings is 1. The molecule has 2 aromatic heterocycles. The van der Waals surface area contributed by atoms with Crippen molar-refractivity contribution in [2.24, 2.45) is 5.92 Å². The summed E-state index contributed by atoms with van der Waals surface area (Å²) in [7, 11) is 0. The number of anilines is 2. The maximum Gasteiger partial charge on any atom is 0.251 e. The minimum atomic E-state index is -1.30. The molecule has 0 bridgehead atoms. The first-order valence-electron chi connectivity index (χ1n) is 17.4. The van der Waals surface area contributed by atoms with E-state index in [0.29, 0.717) is 41.7 Å². The number of aliphatic hydroxyl groups is 1. The van der Waals surface area contributed by atoms with Gasteiger partial charge in [0, 0.05) is 67.4 Å². The lowest BCUT2D eigenvalue weighted by Crippen LogP contribution is -2.22. The summed E-state index contributed by atoms with van der Waals surface area (Å²) in [5, 5.41) is 20.8. The Hall–Kier alpha value is -4.23. The van der Waals surface area contributed by atoms with E-state index in [2.05, 4.69) is 34.3 Å². The summed E-state index contributed by atoms with van der Waals surface area (Å²) in [6.07, 6.45) is 9.35. The van der Waals surface area contributed by atoms with Crippen LogP contribution in [0.5, 0.6) is 5.75 Å². The first-order valence-corrected chi connectivity index (χ1v) is 18.7. The zero-order chi connectivity index (χ0) is 35.3. The van der Waals surface area contributed by atoms with Crippen molar-refractivity contribution < 1.29 is 23.9 Å². The van der Waals surface area contributed by atoms with E-state index in [1.807, 2.05) is 47.2 Å². The molecule has 1 fully saturated rings. The number of amides is 1. The number of benzene rings is 2. The van der Waals surface area contributed by atoms with Crippen molar-refractivity contribution in [3.63, 3.8) is 0 Å². The van der Waals surface area contributed by atoms with Gasteiger partial charge in [-0.15, -0.1) is 10.2 Å². The van der Waals surface area contributed by atoms with Crippen LogP contribution < -0.4 is 15.0 Å². The van der Waals surface area contributed by atoms with Crippen LogP contribution in [0.4, 0.5) is 11.5 Å². The standard InChI is InChI=1S/C38H48N6O5S/c1-4-6-18-48-19-20-49-34-11-7-30(8-12-34)32-22-31(37(39-23-32)43-17-15-29(24-43)25-45)21-28(3)38(46)41-33-9-13-35(14-10-33)50(47)26-36-42-40-27-44(36)16-5-2/h7-14,21-23,27,29,45H,4-6,15-20,24-26H2,1-3H3,(H,41,46)/b28-21+. The highest BCUT2D eigenvalue weighted by molar-refractivity contribution is 7.90. The number of nitrogens with one attached hydrogen (secondary N) is 1. The van der Waals surface area contributed by atoms with Gasteiger partial charge in [-0.05, 0) is 91.5 Å². The Morgan fingerprint density at radius 3 is 2.60 bits per heavy atom. The van der Waals surface area contributed by atoms with Gasteiger partial charge in [-0.3, -0.25) is 4.79 Å². The van der Waals surface area contributed by atoms with Gasteiger partial charge in [0.05, 0.1) is 6.61 Å². The van der Waals surface area contributed by atoms with Crippen LogP contribution in [-0.4, -0.2) is 74.8 Å². The third-order valence-electron chi connectivity index (χ3n) is 8.59. The summed E-state index contributed by atoms with van der Waals surface area (Å²) in [4.78, 5) is 21.1. The van der Waals surface area contributed by atoms with E-state index in [0.717, 1.165) is 73.6 Å². The van der Waals surface area contributed by atoms with Crippen LogP contribution in [0, 0.1) is 5.92 Å². The molecular formula is C38H48N6O5S. The van der Waals surface area contributed by atoms with Crippen molar-refractivity contribution in [3.05, 3.63) is 84.1 Å². The van der Waals surface area contributed by atoms with Crippen LogP contribution in [-0.2, 0) is 33.0 Å². The van der Waals surface area contributed by atoms with Gasteiger partial charge in [0.25, 0.3) is 5.91 Å². The van der Waals surface area contributed by atoms with Gasteiger partial charge in [0.1, 0.15) is 24.5 Å². The summed E-state index contributed by atoms with van der Waals surface area (Å²) in [5.41, 5.74) is 3.82. The second-order valence-corrected chi connectivity index (χ2v) is 13.9. The maximum atomic E-state index is 13.4. The summed E-state index contributed by atoms with van der Waals surface area (Å²) >= 11 is -1.30. The molecule has 1 aliphatic rings. The Labute approximate surface area is 297 Å². The third kappa shape index (κ3) is 10.2. The Kier molecular flexibility index (Phi) is 13.8. The number of unbranched alkanes of at least 4 members (excludes halogenated alkanes) is 1. The number of hydrogen-bond acceptors (Lipinski definition) is 9. The molecule has 5 rings (SSSR count). The van der Waals surface area contributed by atoms with Gasteiger partial charge in [-0.1, -0.05) is 32.4 Å². The lowest BCUT2D eigenvalue weighted by atomic mass is 10.0. The van der Waals surface area contributed by atoms with Crippen molar-refractivity contribution in [1.82, 2.24) is 19.7 Å². The number of aliphatic hydroxyl groups excluding tert-OH is 1. The Morgan fingerprint density at radius 1 is 1.08 bits per heavy atom. The molecule has 0 radical (unpaired) electrons. The summed E-state index contributed by atoms with van der Waals surface area (Å²) in [6, 6.07) is 17.0. The molecule has 0 saturated carbocycles. The molecule has 266 valence electrons. The number of carbonyl (C=O) groups excluding carboxylic acids is 1. The molecule has 3 heterocycles. The summed E-state index contributed by atoms with van der Waals surface area (Å²) in [5.74, 6) is 2.44. The molecule has 2 aromatic carbocycles. The zero-order valence-electron chi connectivity index (χ0n) is 29.2. The van der Waals surface area contributed by atoms with Crippen molar-refractivity contribution in [2.45, 2.75) is 63.6 Å². The smallest absolute Gasteiger partial charge is 0.251 e. The van der Waals surface area contributed by atoms with E-state index in [1.54, 1.807) is 37.5 Å². The average Bonchev–Trinajstić information content (AvgIpc) is 3.80.